The molecule has 2 heterocycles. The van der Waals surface area contributed by atoms with Gasteiger partial charge < -0.3 is 20.2 Å². The zero-order valence-corrected chi connectivity index (χ0v) is 14.2. The molecular formula is C18H27N3O2. The van der Waals surface area contributed by atoms with Crippen molar-refractivity contribution in [1.82, 2.24) is 4.90 Å². The second-order valence-corrected chi connectivity index (χ2v) is 7.38. The first kappa shape index (κ1) is 16.1. The normalized spacial score (nSPS) is 21.8. The number of piperidine rings is 1. The number of rotatable bonds is 3. The Hall–Kier alpha value is -1.75. The molecule has 2 N–H and O–H groups in total. The number of hydrogen-bond acceptors (Lipinski definition) is 4. The quantitative estimate of drug-likeness (QED) is 0.897. The van der Waals surface area contributed by atoms with Crippen molar-refractivity contribution in [3.63, 3.8) is 0 Å². The van der Waals surface area contributed by atoms with Crippen LogP contribution in [0, 0.1) is 5.92 Å². The fraction of sp³-hybridized carbons (Fsp3) is 0.611. The molecule has 126 valence electrons. The first-order chi connectivity index (χ1) is 10.9. The molecular weight excluding hydrogens is 290 g/mol. The van der Waals surface area contributed by atoms with Crippen LogP contribution in [0.15, 0.2) is 24.3 Å². The fourth-order valence-corrected chi connectivity index (χ4v) is 3.92. The smallest absolute Gasteiger partial charge is 0.326 e. The fourth-order valence-electron chi connectivity index (χ4n) is 3.92. The van der Waals surface area contributed by atoms with Gasteiger partial charge in [0, 0.05) is 19.6 Å². The number of aliphatic carboxylic acids is 1. The van der Waals surface area contributed by atoms with E-state index in [-0.39, 0.29) is 11.5 Å². The Labute approximate surface area is 138 Å². The molecule has 3 rings (SSSR count). The summed E-state index contributed by atoms with van der Waals surface area (Å²) in [5, 5.41) is 13.5. The van der Waals surface area contributed by atoms with Crippen molar-refractivity contribution in [2.24, 2.45) is 5.92 Å². The molecule has 1 saturated heterocycles. The molecule has 0 bridgehead atoms. The molecule has 23 heavy (non-hydrogen) atoms. The number of benzene rings is 1. The molecule has 1 atom stereocenters. The maximum Gasteiger partial charge on any atom is 0.326 e. The highest BCUT2D eigenvalue weighted by Gasteiger charge is 2.43. The van der Waals surface area contributed by atoms with Gasteiger partial charge in [0.25, 0.3) is 0 Å². The van der Waals surface area contributed by atoms with Crippen LogP contribution in [0.5, 0.6) is 0 Å². The molecule has 0 saturated carbocycles. The van der Waals surface area contributed by atoms with Crippen molar-refractivity contribution >= 4 is 17.3 Å². The summed E-state index contributed by atoms with van der Waals surface area (Å²) < 4.78 is 0. The zero-order chi connectivity index (χ0) is 16.6. The van der Waals surface area contributed by atoms with Gasteiger partial charge >= 0.3 is 5.97 Å². The molecule has 5 heteroatoms. The molecule has 1 aromatic carbocycles. The summed E-state index contributed by atoms with van der Waals surface area (Å²) >= 11 is 0. The van der Waals surface area contributed by atoms with Gasteiger partial charge in [-0.25, -0.2) is 4.79 Å². The molecule has 0 aliphatic carbocycles. The minimum absolute atomic E-state index is 0.0244. The third-order valence-corrected chi connectivity index (χ3v) is 5.25. The Balaban J connectivity index is 1.99. The average molecular weight is 317 g/mol. The van der Waals surface area contributed by atoms with E-state index < -0.39 is 12.0 Å². The Bertz CT molecular complexity index is 579. The van der Waals surface area contributed by atoms with Crippen molar-refractivity contribution in [2.75, 3.05) is 36.9 Å². The second kappa shape index (κ2) is 6.04. The van der Waals surface area contributed by atoms with E-state index in [0.29, 0.717) is 0 Å². The number of likely N-dealkylation sites (tertiary alicyclic amines) is 1. The molecule has 2 aliphatic rings. The lowest BCUT2D eigenvalue weighted by Crippen LogP contribution is -2.61. The van der Waals surface area contributed by atoms with Crippen molar-refractivity contribution in [3.05, 3.63) is 24.3 Å². The van der Waals surface area contributed by atoms with Crippen LogP contribution in [0.4, 0.5) is 11.4 Å². The van der Waals surface area contributed by atoms with Gasteiger partial charge in [-0.1, -0.05) is 26.0 Å². The van der Waals surface area contributed by atoms with E-state index >= 15 is 0 Å². The number of fused-ring (bicyclic) bond motifs is 1. The Morgan fingerprint density at radius 2 is 1.91 bits per heavy atom. The highest BCUT2D eigenvalue weighted by Crippen LogP contribution is 2.40. The van der Waals surface area contributed by atoms with E-state index in [2.05, 4.69) is 28.2 Å². The van der Waals surface area contributed by atoms with Crippen LogP contribution in [-0.4, -0.2) is 54.2 Å². The van der Waals surface area contributed by atoms with Gasteiger partial charge in [0.05, 0.1) is 16.9 Å². The van der Waals surface area contributed by atoms with Gasteiger partial charge in [-0.2, -0.15) is 0 Å². The number of carbonyl (C=O) groups is 1. The predicted octanol–water partition coefficient (Wildman–Crippen LogP) is 2.49. The van der Waals surface area contributed by atoms with E-state index in [0.717, 1.165) is 43.9 Å². The van der Waals surface area contributed by atoms with Gasteiger partial charge in [0.2, 0.25) is 0 Å². The summed E-state index contributed by atoms with van der Waals surface area (Å²) in [6.07, 6.45) is 2.08. The molecule has 0 aromatic heterocycles. The maximum absolute atomic E-state index is 11.9. The van der Waals surface area contributed by atoms with Gasteiger partial charge in [-0.3, -0.25) is 0 Å². The standard InChI is InChI=1S/C18H27N3O2/c1-13(2)16(17(22)23)21-12-18(8-10-20(3)11-9-18)19-14-6-4-5-7-15(14)21/h4-7,13,16,19H,8-12H2,1-3H3,(H,22,23). The summed E-state index contributed by atoms with van der Waals surface area (Å²) in [6, 6.07) is 7.61. The lowest BCUT2D eigenvalue weighted by Gasteiger charge is -2.51. The molecule has 1 spiro atoms. The molecule has 5 nitrogen and oxygen atoms in total. The van der Waals surface area contributed by atoms with Crippen LogP contribution in [0.1, 0.15) is 26.7 Å². The SMILES string of the molecule is CC(C)C(C(=O)O)N1CC2(CCN(C)CC2)Nc2ccccc21. The molecule has 2 aliphatic heterocycles. The first-order valence-corrected chi connectivity index (χ1v) is 8.47. The summed E-state index contributed by atoms with van der Waals surface area (Å²) in [5.74, 6) is -0.679. The second-order valence-electron chi connectivity index (χ2n) is 7.38. The molecule has 1 unspecified atom stereocenters. The highest BCUT2D eigenvalue weighted by molar-refractivity contribution is 5.83. The first-order valence-electron chi connectivity index (χ1n) is 8.47. The van der Waals surface area contributed by atoms with E-state index in [4.69, 9.17) is 0 Å². The van der Waals surface area contributed by atoms with E-state index in [1.54, 1.807) is 0 Å². The molecule has 1 fully saturated rings. The molecule has 0 radical (unpaired) electrons. The summed E-state index contributed by atoms with van der Waals surface area (Å²) in [4.78, 5) is 16.4. The topological polar surface area (TPSA) is 55.8 Å². The van der Waals surface area contributed by atoms with Crippen LogP contribution in [0.25, 0.3) is 0 Å². The predicted molar refractivity (Wildman–Crippen MR) is 93.1 cm³/mol. The molecule has 0 amide bonds. The number of nitrogens with one attached hydrogen (secondary N) is 1. The van der Waals surface area contributed by atoms with Gasteiger partial charge in [0.1, 0.15) is 6.04 Å². The van der Waals surface area contributed by atoms with E-state index in [9.17, 15) is 9.90 Å². The van der Waals surface area contributed by atoms with Crippen molar-refractivity contribution < 1.29 is 9.90 Å². The molecule has 1 aromatic rings. The number of para-hydroxylation sites is 2. The van der Waals surface area contributed by atoms with Gasteiger partial charge in [-0.15, -0.1) is 0 Å². The summed E-state index contributed by atoms with van der Waals surface area (Å²) in [6.45, 7) is 6.83. The monoisotopic (exact) mass is 317 g/mol. The largest absolute Gasteiger partial charge is 0.480 e. The average Bonchev–Trinajstić information content (AvgIpc) is 2.50. The Kier molecular flexibility index (Phi) is 4.23. The minimum Gasteiger partial charge on any atom is -0.480 e. The van der Waals surface area contributed by atoms with E-state index in [1.807, 2.05) is 32.0 Å². The van der Waals surface area contributed by atoms with Gasteiger partial charge in [0.15, 0.2) is 0 Å². The number of hydrogen-bond donors (Lipinski definition) is 2. The minimum atomic E-state index is -0.736. The third kappa shape index (κ3) is 3.02. The van der Waals surface area contributed by atoms with Crippen LogP contribution >= 0.6 is 0 Å². The van der Waals surface area contributed by atoms with Gasteiger partial charge in [-0.05, 0) is 37.9 Å². The Morgan fingerprint density at radius 3 is 2.52 bits per heavy atom. The summed E-state index contributed by atoms with van der Waals surface area (Å²) in [5.41, 5.74) is 2.05. The van der Waals surface area contributed by atoms with E-state index in [1.165, 1.54) is 0 Å². The Morgan fingerprint density at radius 1 is 1.26 bits per heavy atom. The zero-order valence-electron chi connectivity index (χ0n) is 14.2. The van der Waals surface area contributed by atoms with Crippen molar-refractivity contribution in [3.8, 4) is 0 Å². The third-order valence-electron chi connectivity index (χ3n) is 5.25. The number of carboxylic acids is 1. The van der Waals surface area contributed by atoms with Crippen LogP contribution < -0.4 is 10.2 Å². The number of carboxylic acid groups (broad SMARTS) is 1. The van der Waals surface area contributed by atoms with Crippen LogP contribution in [-0.2, 0) is 4.79 Å². The lowest BCUT2D eigenvalue weighted by molar-refractivity contribution is -0.139. The van der Waals surface area contributed by atoms with Crippen molar-refractivity contribution in [2.45, 2.75) is 38.3 Å². The summed E-state index contributed by atoms with van der Waals surface area (Å²) in [7, 11) is 2.15. The van der Waals surface area contributed by atoms with Crippen LogP contribution in [0.3, 0.4) is 0 Å². The van der Waals surface area contributed by atoms with Crippen molar-refractivity contribution in [1.29, 1.82) is 0 Å². The maximum atomic E-state index is 11.9. The number of anilines is 2. The van der Waals surface area contributed by atoms with Crippen LogP contribution in [0.2, 0.25) is 0 Å². The lowest BCUT2D eigenvalue weighted by atomic mass is 9.83. The number of nitrogens with zero attached hydrogens (tertiary/aromatic N) is 2. The highest BCUT2D eigenvalue weighted by atomic mass is 16.4.